The molecular formula is C24H36F2O8. The Morgan fingerprint density at radius 2 is 1.35 bits per heavy atom. The summed E-state index contributed by atoms with van der Waals surface area (Å²) in [5, 5.41) is 0. The number of carbonyl (C=O) groups excluding carboxylic acids is 2. The van der Waals surface area contributed by atoms with Gasteiger partial charge in [-0.05, 0) is 45.1 Å². The van der Waals surface area contributed by atoms with Crippen LogP contribution in [0.25, 0.3) is 0 Å². The molecule has 2 saturated carbocycles. The van der Waals surface area contributed by atoms with Crippen molar-refractivity contribution in [1.29, 1.82) is 0 Å². The number of hydrogen-bond acceptors (Lipinski definition) is 8. The number of halogens is 2. The van der Waals surface area contributed by atoms with Crippen molar-refractivity contribution in [3.05, 3.63) is 11.4 Å². The van der Waals surface area contributed by atoms with Crippen molar-refractivity contribution < 1.29 is 46.8 Å². The fraction of sp³-hybridized carbons (Fsp3) is 0.833. The topological polar surface area (TPSA) is 89.5 Å². The minimum Gasteiger partial charge on any atom is -0.464 e. The molecule has 2 aliphatic carbocycles. The van der Waals surface area contributed by atoms with Gasteiger partial charge in [0.25, 0.3) is 0 Å². The number of rotatable bonds is 5. The summed E-state index contributed by atoms with van der Waals surface area (Å²) >= 11 is 0. The number of alkyl halides is 1. The van der Waals surface area contributed by atoms with Gasteiger partial charge in [0.2, 0.25) is 5.83 Å². The maximum Gasteiger partial charge on any atom is 0.367 e. The number of allylic oxidation sites excluding steroid dienone is 1. The van der Waals surface area contributed by atoms with Gasteiger partial charge in [-0.25, -0.2) is 14.0 Å². The van der Waals surface area contributed by atoms with E-state index < -0.39 is 35.5 Å². The fourth-order valence-corrected chi connectivity index (χ4v) is 4.85. The molecule has 0 aromatic heterocycles. The highest BCUT2D eigenvalue weighted by Crippen LogP contribution is 2.40. The Bertz CT molecular complexity index is 706. The van der Waals surface area contributed by atoms with Gasteiger partial charge in [0.15, 0.2) is 17.7 Å². The van der Waals surface area contributed by atoms with E-state index in [0.717, 1.165) is 0 Å². The third-order valence-corrected chi connectivity index (χ3v) is 6.73. The van der Waals surface area contributed by atoms with E-state index in [0.29, 0.717) is 83.4 Å². The Labute approximate surface area is 199 Å². The molecule has 2 aliphatic heterocycles. The maximum atomic E-state index is 13.8. The molecular weight excluding hydrogens is 454 g/mol. The second-order valence-electron chi connectivity index (χ2n) is 8.84. The van der Waals surface area contributed by atoms with Crippen LogP contribution in [0.4, 0.5) is 8.78 Å². The molecule has 194 valence electrons. The van der Waals surface area contributed by atoms with Crippen LogP contribution in [0.3, 0.4) is 0 Å². The summed E-state index contributed by atoms with van der Waals surface area (Å²) in [5.74, 6) is -3.61. The van der Waals surface area contributed by atoms with E-state index >= 15 is 0 Å². The molecule has 0 bridgehead atoms. The van der Waals surface area contributed by atoms with Crippen molar-refractivity contribution in [2.75, 3.05) is 39.6 Å². The highest BCUT2D eigenvalue weighted by molar-refractivity contribution is 5.86. The maximum absolute atomic E-state index is 13.8. The second kappa shape index (κ2) is 12.4. The molecule has 0 aromatic carbocycles. The van der Waals surface area contributed by atoms with Gasteiger partial charge in [-0.15, -0.1) is 0 Å². The molecule has 8 nitrogen and oxygen atoms in total. The molecule has 0 aromatic rings. The van der Waals surface area contributed by atoms with Crippen LogP contribution in [-0.2, 0) is 38.0 Å². The zero-order valence-corrected chi connectivity index (χ0v) is 20.1. The van der Waals surface area contributed by atoms with Crippen LogP contribution in [0.5, 0.6) is 0 Å². The first kappa shape index (κ1) is 27.0. The van der Waals surface area contributed by atoms with Gasteiger partial charge in [0.1, 0.15) is 0 Å². The lowest BCUT2D eigenvalue weighted by Crippen LogP contribution is -2.39. The van der Waals surface area contributed by atoms with Gasteiger partial charge in [0.05, 0.1) is 39.6 Å². The predicted molar refractivity (Wildman–Crippen MR) is 116 cm³/mol. The highest BCUT2D eigenvalue weighted by Gasteiger charge is 2.44. The summed E-state index contributed by atoms with van der Waals surface area (Å²) < 4.78 is 59.0. The standard InChI is InChI=1S/C12H19FO4.C12H17FO4/c2*1-2-15-11(14)10(13)9-3-5-12(6-4-9)16-7-8-17-12/h9-10H,2-8H2,1H3;2-8H2,1H3. The average Bonchev–Trinajstić information content (AvgIpc) is 3.50. The minimum atomic E-state index is -1.51. The van der Waals surface area contributed by atoms with Gasteiger partial charge < -0.3 is 28.4 Å². The average molecular weight is 491 g/mol. The Morgan fingerprint density at radius 1 is 0.882 bits per heavy atom. The Hall–Kier alpha value is -1.62. The van der Waals surface area contributed by atoms with Gasteiger partial charge in [-0.1, -0.05) is 0 Å². The van der Waals surface area contributed by atoms with E-state index in [9.17, 15) is 18.4 Å². The Morgan fingerprint density at radius 3 is 1.82 bits per heavy atom. The molecule has 10 heteroatoms. The van der Waals surface area contributed by atoms with E-state index in [-0.39, 0.29) is 19.1 Å². The Kier molecular flexibility index (Phi) is 9.82. The van der Waals surface area contributed by atoms with E-state index in [1.54, 1.807) is 13.8 Å². The number of ether oxygens (including phenoxy) is 6. The van der Waals surface area contributed by atoms with Gasteiger partial charge in [-0.3, -0.25) is 0 Å². The van der Waals surface area contributed by atoms with Crippen LogP contribution in [0.1, 0.15) is 65.2 Å². The normalized spacial score (nSPS) is 26.0. The van der Waals surface area contributed by atoms with Crippen LogP contribution in [0.15, 0.2) is 11.4 Å². The van der Waals surface area contributed by atoms with Gasteiger partial charge >= 0.3 is 11.9 Å². The van der Waals surface area contributed by atoms with E-state index in [1.807, 2.05) is 0 Å². The van der Waals surface area contributed by atoms with E-state index in [4.69, 9.17) is 23.7 Å². The smallest absolute Gasteiger partial charge is 0.367 e. The first-order valence-electron chi connectivity index (χ1n) is 12.2. The largest absolute Gasteiger partial charge is 0.464 e. The molecule has 0 amide bonds. The highest BCUT2D eigenvalue weighted by atomic mass is 19.1. The van der Waals surface area contributed by atoms with Crippen molar-refractivity contribution in [3.63, 3.8) is 0 Å². The molecule has 0 N–H and O–H groups in total. The molecule has 2 spiro atoms. The first-order chi connectivity index (χ1) is 16.3. The zero-order chi connectivity index (χ0) is 24.6. The van der Waals surface area contributed by atoms with E-state index in [1.165, 1.54) is 0 Å². The monoisotopic (exact) mass is 490 g/mol. The summed E-state index contributed by atoms with van der Waals surface area (Å²) in [6, 6.07) is 0. The predicted octanol–water partition coefficient (Wildman–Crippen LogP) is 3.91. The van der Waals surface area contributed by atoms with Crippen molar-refractivity contribution in [3.8, 4) is 0 Å². The molecule has 34 heavy (non-hydrogen) atoms. The summed E-state index contributed by atoms with van der Waals surface area (Å²) in [7, 11) is 0. The molecule has 4 rings (SSSR count). The van der Waals surface area contributed by atoms with Crippen LogP contribution < -0.4 is 0 Å². The van der Waals surface area contributed by atoms with Gasteiger partial charge in [-0.2, -0.15) is 4.39 Å². The molecule has 1 unspecified atom stereocenters. The van der Waals surface area contributed by atoms with Crippen LogP contribution in [-0.4, -0.2) is 69.3 Å². The quantitative estimate of drug-likeness (QED) is 0.423. The van der Waals surface area contributed by atoms with Crippen molar-refractivity contribution in [2.45, 2.75) is 83.0 Å². The first-order valence-corrected chi connectivity index (χ1v) is 12.2. The lowest BCUT2D eigenvalue weighted by atomic mass is 9.82. The molecule has 1 atom stereocenters. The van der Waals surface area contributed by atoms with Gasteiger partial charge in [0, 0.05) is 31.6 Å². The minimum absolute atomic E-state index is 0.190. The lowest BCUT2D eigenvalue weighted by molar-refractivity contribution is -0.188. The summed E-state index contributed by atoms with van der Waals surface area (Å²) in [5.41, 5.74) is 0.521. The summed E-state index contributed by atoms with van der Waals surface area (Å²) in [4.78, 5) is 22.5. The second-order valence-corrected chi connectivity index (χ2v) is 8.84. The zero-order valence-electron chi connectivity index (χ0n) is 20.1. The third-order valence-electron chi connectivity index (χ3n) is 6.73. The number of esters is 2. The molecule has 4 aliphatic rings. The van der Waals surface area contributed by atoms with Crippen LogP contribution in [0, 0.1) is 5.92 Å². The molecule has 4 fully saturated rings. The van der Waals surface area contributed by atoms with Crippen LogP contribution >= 0.6 is 0 Å². The van der Waals surface area contributed by atoms with Crippen molar-refractivity contribution in [1.82, 2.24) is 0 Å². The fourth-order valence-electron chi connectivity index (χ4n) is 4.85. The lowest BCUT2D eigenvalue weighted by Gasteiger charge is -2.35. The van der Waals surface area contributed by atoms with Crippen molar-refractivity contribution >= 4 is 11.9 Å². The molecule has 2 heterocycles. The third kappa shape index (κ3) is 6.74. The van der Waals surface area contributed by atoms with E-state index in [2.05, 4.69) is 4.74 Å². The number of hydrogen-bond donors (Lipinski definition) is 0. The summed E-state index contributed by atoms with van der Waals surface area (Å²) in [6.07, 6.45) is 3.24. The molecule has 0 radical (unpaired) electrons. The van der Waals surface area contributed by atoms with Crippen molar-refractivity contribution in [2.24, 2.45) is 5.92 Å². The van der Waals surface area contributed by atoms with Crippen LogP contribution in [0.2, 0.25) is 0 Å². The Balaban J connectivity index is 0.000000191. The number of carbonyl (C=O) groups is 2. The SMILES string of the molecule is CCOC(=O)C(F)=C1CCC2(CC1)OCCO2.CCOC(=O)C(F)C1CCC2(CC1)OCCO2. The molecule has 2 saturated heterocycles. The summed E-state index contributed by atoms with van der Waals surface area (Å²) in [6.45, 7) is 6.17.